The molecule has 2 aliphatic heterocycles. The van der Waals surface area contributed by atoms with E-state index in [0.717, 1.165) is 59.0 Å². The Morgan fingerprint density at radius 3 is 2.38 bits per heavy atom. The third kappa shape index (κ3) is 3.99. The molecule has 3 aromatic carbocycles. The lowest BCUT2D eigenvalue weighted by molar-refractivity contribution is -0.120. The number of H-pyrrole nitrogens is 1. The number of para-hydroxylation sites is 1. The molecule has 2 fully saturated rings. The van der Waals surface area contributed by atoms with Crippen LogP contribution in [0.4, 0.5) is 10.5 Å². The van der Waals surface area contributed by atoms with Gasteiger partial charge in [-0.3, -0.25) is 14.5 Å². The average molecular weight is 533 g/mol. The van der Waals surface area contributed by atoms with Gasteiger partial charge < -0.3 is 10.3 Å². The molecule has 7 rings (SSSR count). The number of rotatable bonds is 4. The fraction of sp³-hybridized carbons (Fsp3) is 0.303. The first-order chi connectivity index (χ1) is 19.5. The third-order valence-corrected chi connectivity index (χ3v) is 8.77. The molecule has 2 atom stereocenters. The summed E-state index contributed by atoms with van der Waals surface area (Å²) in [7, 11) is 0. The van der Waals surface area contributed by atoms with E-state index in [1.807, 2.05) is 49.4 Å². The van der Waals surface area contributed by atoms with Crippen molar-refractivity contribution in [2.45, 2.75) is 63.6 Å². The fourth-order valence-corrected chi connectivity index (χ4v) is 6.68. The Morgan fingerprint density at radius 2 is 1.62 bits per heavy atom. The molecule has 4 aromatic rings. The predicted molar refractivity (Wildman–Crippen MR) is 154 cm³/mol. The molecule has 7 heteroatoms. The molecule has 3 heterocycles. The smallest absolute Gasteiger partial charge is 0.332 e. The minimum atomic E-state index is -0.611. The third-order valence-electron chi connectivity index (χ3n) is 8.77. The Bertz CT molecular complexity index is 1620. The van der Waals surface area contributed by atoms with E-state index in [-0.39, 0.29) is 23.9 Å². The zero-order valence-corrected chi connectivity index (χ0v) is 22.5. The van der Waals surface area contributed by atoms with Gasteiger partial charge in [-0.05, 0) is 61.2 Å². The molecule has 4 amide bonds. The van der Waals surface area contributed by atoms with E-state index < -0.39 is 12.1 Å². The lowest BCUT2D eigenvalue weighted by Crippen LogP contribution is -2.44. The van der Waals surface area contributed by atoms with Gasteiger partial charge in [0.25, 0.3) is 11.8 Å². The number of nitrogens with one attached hydrogen (secondary N) is 2. The topological polar surface area (TPSA) is 85.5 Å². The number of carbonyl (C=O) groups excluding carboxylic acids is 3. The highest BCUT2D eigenvalue weighted by Gasteiger charge is 2.53. The maximum absolute atomic E-state index is 14.0. The van der Waals surface area contributed by atoms with Gasteiger partial charge in [-0.1, -0.05) is 67.3 Å². The number of urea groups is 1. The number of hydrogen-bond acceptors (Lipinski definition) is 3. The van der Waals surface area contributed by atoms with Gasteiger partial charge in [0.2, 0.25) is 0 Å². The summed E-state index contributed by atoms with van der Waals surface area (Å²) in [6.45, 7) is 2.03. The van der Waals surface area contributed by atoms with Crippen LogP contribution in [-0.4, -0.2) is 39.8 Å². The van der Waals surface area contributed by atoms with Crippen LogP contribution in [0.15, 0.2) is 72.8 Å². The van der Waals surface area contributed by atoms with Crippen LogP contribution in [-0.2, 0) is 11.2 Å². The Hall–Kier alpha value is -4.39. The van der Waals surface area contributed by atoms with E-state index in [2.05, 4.69) is 16.4 Å². The van der Waals surface area contributed by atoms with Crippen molar-refractivity contribution in [2.24, 2.45) is 0 Å². The van der Waals surface area contributed by atoms with E-state index in [1.54, 1.807) is 29.2 Å². The van der Waals surface area contributed by atoms with Gasteiger partial charge in [0, 0.05) is 34.6 Å². The van der Waals surface area contributed by atoms with Crippen LogP contribution in [0.25, 0.3) is 10.9 Å². The van der Waals surface area contributed by atoms with Crippen molar-refractivity contribution in [1.82, 2.24) is 15.2 Å². The number of imide groups is 1. The zero-order chi connectivity index (χ0) is 27.4. The molecule has 0 radical (unpaired) electrons. The summed E-state index contributed by atoms with van der Waals surface area (Å²) in [5.74, 6) is -0.350. The van der Waals surface area contributed by atoms with Gasteiger partial charge >= 0.3 is 6.03 Å². The zero-order valence-electron chi connectivity index (χ0n) is 22.5. The molecule has 1 aromatic heterocycles. The van der Waals surface area contributed by atoms with Crippen molar-refractivity contribution in [2.75, 3.05) is 4.90 Å². The quantitative estimate of drug-likeness (QED) is 0.315. The van der Waals surface area contributed by atoms with Gasteiger partial charge in [0.05, 0.1) is 5.69 Å². The summed E-state index contributed by atoms with van der Waals surface area (Å²) < 4.78 is 0. The number of aromatic nitrogens is 1. The van der Waals surface area contributed by atoms with Crippen molar-refractivity contribution >= 4 is 34.4 Å². The van der Waals surface area contributed by atoms with Crippen LogP contribution in [0.5, 0.6) is 0 Å². The van der Waals surface area contributed by atoms with Crippen molar-refractivity contribution in [3.8, 4) is 0 Å². The Balaban J connectivity index is 1.22. The molecule has 7 nitrogen and oxygen atoms in total. The molecule has 0 spiro atoms. The maximum Gasteiger partial charge on any atom is 0.332 e. The Labute approximate surface area is 233 Å². The van der Waals surface area contributed by atoms with Crippen LogP contribution >= 0.6 is 0 Å². The average Bonchev–Trinajstić information content (AvgIpc) is 3.47. The van der Waals surface area contributed by atoms with Crippen molar-refractivity contribution in [1.29, 1.82) is 0 Å². The van der Waals surface area contributed by atoms with Crippen LogP contribution in [0.1, 0.15) is 70.9 Å². The molecule has 0 bridgehead atoms. The highest BCUT2D eigenvalue weighted by atomic mass is 16.2. The Kier molecular flexibility index (Phi) is 5.95. The molecular weight excluding hydrogens is 500 g/mol. The molecule has 202 valence electrons. The van der Waals surface area contributed by atoms with Crippen molar-refractivity contribution in [3.63, 3.8) is 0 Å². The number of nitrogens with zero attached hydrogens (tertiary/aromatic N) is 2. The van der Waals surface area contributed by atoms with Crippen LogP contribution in [0.3, 0.4) is 0 Å². The van der Waals surface area contributed by atoms with E-state index in [0.29, 0.717) is 17.7 Å². The number of amides is 4. The summed E-state index contributed by atoms with van der Waals surface area (Å²) >= 11 is 0. The second-order valence-electron chi connectivity index (χ2n) is 11.3. The summed E-state index contributed by atoms with van der Waals surface area (Å²) in [6, 6.07) is 21.9. The number of anilines is 1. The minimum absolute atomic E-state index is 0.111. The van der Waals surface area contributed by atoms with Crippen molar-refractivity contribution in [3.05, 3.63) is 101 Å². The minimum Gasteiger partial charge on any atom is -0.356 e. The molecule has 3 aliphatic rings. The second kappa shape index (κ2) is 9.66. The molecule has 1 saturated heterocycles. The molecule has 40 heavy (non-hydrogen) atoms. The van der Waals surface area contributed by atoms with Crippen molar-refractivity contribution < 1.29 is 14.4 Å². The van der Waals surface area contributed by atoms with Gasteiger partial charge in [0.1, 0.15) is 12.1 Å². The standard InChI is InChI=1S/C33H32N4O3/c1-20-11-13-21(14-12-20)30-29-26(25-9-5-6-10-27(25)35-29)19-28-32(39)36(33(40)37(28)30)24-17-15-22(16-18-24)31(38)34-23-7-3-2-4-8-23/h5-6,9-18,23,28,30,35H,2-4,7-8,19H2,1H3,(H,34,38)/t28-,30-/m0/s1. The summed E-state index contributed by atoms with van der Waals surface area (Å²) in [5.41, 5.74) is 6.15. The van der Waals surface area contributed by atoms with Crippen LogP contribution in [0.2, 0.25) is 0 Å². The van der Waals surface area contributed by atoms with Gasteiger partial charge in [0.15, 0.2) is 0 Å². The fourth-order valence-electron chi connectivity index (χ4n) is 6.68. The summed E-state index contributed by atoms with van der Waals surface area (Å²) in [6.07, 6.45) is 5.98. The number of aromatic amines is 1. The summed E-state index contributed by atoms with van der Waals surface area (Å²) in [5, 5.41) is 4.22. The lowest BCUT2D eigenvalue weighted by atomic mass is 9.88. The van der Waals surface area contributed by atoms with Gasteiger partial charge in [-0.25, -0.2) is 9.69 Å². The first-order valence-electron chi connectivity index (χ1n) is 14.2. The molecular formula is C33H32N4O3. The van der Waals surface area contributed by atoms with E-state index >= 15 is 0 Å². The van der Waals surface area contributed by atoms with Gasteiger partial charge in [-0.2, -0.15) is 0 Å². The van der Waals surface area contributed by atoms with E-state index in [4.69, 9.17) is 0 Å². The largest absolute Gasteiger partial charge is 0.356 e. The SMILES string of the molecule is Cc1ccc([C@H]2c3[nH]c4ccccc4c3C[C@H]3C(=O)N(c4ccc(C(=O)NC5CCCCC5)cc4)C(=O)N23)cc1. The van der Waals surface area contributed by atoms with E-state index in [1.165, 1.54) is 11.3 Å². The number of aryl methyl sites for hydroxylation is 1. The highest BCUT2D eigenvalue weighted by molar-refractivity contribution is 6.22. The number of carbonyl (C=O) groups is 3. The number of benzene rings is 3. The Morgan fingerprint density at radius 1 is 0.900 bits per heavy atom. The first-order valence-corrected chi connectivity index (χ1v) is 14.2. The monoisotopic (exact) mass is 532 g/mol. The van der Waals surface area contributed by atoms with Crippen LogP contribution in [0, 0.1) is 6.92 Å². The van der Waals surface area contributed by atoms with Crippen LogP contribution < -0.4 is 10.2 Å². The molecule has 0 unspecified atom stereocenters. The number of hydrogen-bond donors (Lipinski definition) is 2. The molecule has 1 saturated carbocycles. The normalized spacial score (nSPS) is 21.0. The lowest BCUT2D eigenvalue weighted by Gasteiger charge is -2.36. The van der Waals surface area contributed by atoms with E-state index in [9.17, 15) is 14.4 Å². The second-order valence-corrected chi connectivity index (χ2v) is 11.3. The predicted octanol–water partition coefficient (Wildman–Crippen LogP) is 6.02. The highest BCUT2D eigenvalue weighted by Crippen LogP contribution is 2.44. The summed E-state index contributed by atoms with van der Waals surface area (Å²) in [4.78, 5) is 47.4. The number of fused-ring (bicyclic) bond motifs is 4. The maximum atomic E-state index is 14.0. The first kappa shape index (κ1) is 24.6. The van der Waals surface area contributed by atoms with Gasteiger partial charge in [-0.15, -0.1) is 0 Å². The molecule has 2 N–H and O–H groups in total. The molecule has 1 aliphatic carbocycles.